The smallest absolute Gasteiger partial charge is 0.335 e. The van der Waals surface area contributed by atoms with E-state index >= 15 is 0 Å². The third-order valence-electron chi connectivity index (χ3n) is 2.49. The molecule has 1 saturated carbocycles. The van der Waals surface area contributed by atoms with Crippen molar-refractivity contribution in [1.82, 2.24) is 5.32 Å². The lowest BCUT2D eigenvalue weighted by molar-refractivity contribution is 0.0696. The summed E-state index contributed by atoms with van der Waals surface area (Å²) in [5, 5.41) is 21.5. The molecule has 0 aromatic heterocycles. The molecule has 3 N–H and O–H groups in total. The molecule has 0 heterocycles. The highest BCUT2D eigenvalue weighted by molar-refractivity contribution is 5.88. The first-order valence-corrected chi connectivity index (χ1v) is 4.95. The molecule has 1 aromatic rings. The second-order valence-electron chi connectivity index (χ2n) is 3.80. The van der Waals surface area contributed by atoms with Gasteiger partial charge in [-0.05, 0) is 25.0 Å². The molecule has 1 fully saturated rings. The zero-order chi connectivity index (χ0) is 10.8. The highest BCUT2D eigenvalue weighted by atomic mass is 16.4. The minimum atomic E-state index is -1.02. The van der Waals surface area contributed by atoms with E-state index in [1.807, 2.05) is 0 Å². The normalized spacial score (nSPS) is 15.2. The van der Waals surface area contributed by atoms with Crippen LogP contribution in [-0.4, -0.2) is 22.2 Å². The number of hydrogen-bond donors (Lipinski definition) is 3. The van der Waals surface area contributed by atoms with Gasteiger partial charge in [-0.3, -0.25) is 0 Å². The van der Waals surface area contributed by atoms with Gasteiger partial charge in [0, 0.05) is 18.2 Å². The molecule has 4 heteroatoms. The Morgan fingerprint density at radius 3 is 2.73 bits per heavy atom. The maximum Gasteiger partial charge on any atom is 0.335 e. The fourth-order valence-corrected chi connectivity index (χ4v) is 1.39. The van der Waals surface area contributed by atoms with Crippen LogP contribution in [0.2, 0.25) is 0 Å². The fourth-order valence-electron chi connectivity index (χ4n) is 1.39. The van der Waals surface area contributed by atoms with Crippen LogP contribution in [0.4, 0.5) is 0 Å². The first-order chi connectivity index (χ1) is 7.16. The van der Waals surface area contributed by atoms with Crippen molar-refractivity contribution in [2.24, 2.45) is 0 Å². The molecule has 0 spiro atoms. The van der Waals surface area contributed by atoms with Gasteiger partial charge in [-0.1, -0.05) is 6.07 Å². The van der Waals surface area contributed by atoms with Gasteiger partial charge in [0.05, 0.1) is 5.56 Å². The highest BCUT2D eigenvalue weighted by Gasteiger charge is 2.20. The molecule has 1 aliphatic carbocycles. The summed E-state index contributed by atoms with van der Waals surface area (Å²) in [7, 11) is 0. The van der Waals surface area contributed by atoms with Crippen molar-refractivity contribution in [2.45, 2.75) is 25.4 Å². The molecule has 15 heavy (non-hydrogen) atoms. The van der Waals surface area contributed by atoms with Gasteiger partial charge in [0.1, 0.15) is 5.75 Å². The Hall–Kier alpha value is -1.55. The maximum absolute atomic E-state index is 10.6. The number of phenols is 1. The number of benzene rings is 1. The lowest BCUT2D eigenvalue weighted by atomic mass is 10.1. The Bertz CT molecular complexity index is 385. The first kappa shape index (κ1) is 9.98. The minimum Gasteiger partial charge on any atom is -0.508 e. The van der Waals surface area contributed by atoms with Gasteiger partial charge < -0.3 is 15.5 Å². The number of rotatable bonds is 4. The Labute approximate surface area is 87.6 Å². The number of phenolic OH excluding ortho intramolecular Hbond substituents is 1. The second-order valence-corrected chi connectivity index (χ2v) is 3.80. The summed E-state index contributed by atoms with van der Waals surface area (Å²) in [5.41, 5.74) is 0.856. The number of carbonyl (C=O) groups is 1. The summed E-state index contributed by atoms with van der Waals surface area (Å²) in [5.74, 6) is -0.977. The van der Waals surface area contributed by atoms with Crippen LogP contribution in [0.5, 0.6) is 5.75 Å². The Morgan fingerprint density at radius 2 is 2.20 bits per heavy atom. The van der Waals surface area contributed by atoms with Crippen molar-refractivity contribution in [1.29, 1.82) is 0 Å². The monoisotopic (exact) mass is 207 g/mol. The molecule has 0 aliphatic heterocycles. The third kappa shape index (κ3) is 2.47. The van der Waals surface area contributed by atoms with Crippen LogP contribution >= 0.6 is 0 Å². The summed E-state index contributed by atoms with van der Waals surface area (Å²) in [6, 6.07) is 5.01. The summed E-state index contributed by atoms with van der Waals surface area (Å²) in [6.07, 6.45) is 2.38. The van der Waals surface area contributed by atoms with Crippen LogP contribution in [0, 0.1) is 0 Å². The molecular formula is C11H13NO3. The zero-order valence-corrected chi connectivity index (χ0v) is 8.23. The average Bonchev–Trinajstić information content (AvgIpc) is 2.99. The van der Waals surface area contributed by atoms with E-state index < -0.39 is 5.97 Å². The van der Waals surface area contributed by atoms with Crippen LogP contribution in [0.1, 0.15) is 28.8 Å². The molecule has 80 valence electrons. The van der Waals surface area contributed by atoms with Gasteiger partial charge in [-0.25, -0.2) is 4.79 Å². The van der Waals surface area contributed by atoms with Crippen molar-refractivity contribution in [2.75, 3.05) is 0 Å². The lowest BCUT2D eigenvalue weighted by Gasteiger charge is -2.06. The van der Waals surface area contributed by atoms with E-state index in [0.29, 0.717) is 12.6 Å². The van der Waals surface area contributed by atoms with E-state index in [9.17, 15) is 9.90 Å². The number of nitrogens with one attached hydrogen (secondary N) is 1. The van der Waals surface area contributed by atoms with Crippen molar-refractivity contribution in [3.8, 4) is 5.75 Å². The van der Waals surface area contributed by atoms with Gasteiger partial charge in [-0.2, -0.15) is 0 Å². The molecule has 0 radical (unpaired) electrons. The minimum absolute atomic E-state index is 0.0445. The molecular weight excluding hydrogens is 194 g/mol. The molecule has 0 saturated heterocycles. The van der Waals surface area contributed by atoms with Gasteiger partial charge in [-0.15, -0.1) is 0 Å². The Morgan fingerprint density at radius 1 is 1.47 bits per heavy atom. The van der Waals surface area contributed by atoms with Crippen LogP contribution < -0.4 is 5.32 Å². The Balaban J connectivity index is 2.07. The predicted octanol–water partition coefficient (Wildman–Crippen LogP) is 1.34. The summed E-state index contributed by atoms with van der Waals surface area (Å²) in [6.45, 7) is 0.594. The standard InChI is InChI=1S/C11H13NO3/c13-10-5-7(11(14)15)1-2-8(10)6-12-9-3-4-9/h1-2,5,9,12-13H,3-4,6H2,(H,14,15). The molecule has 1 aromatic carbocycles. The topological polar surface area (TPSA) is 69.6 Å². The van der Waals surface area contributed by atoms with Gasteiger partial charge in [0.15, 0.2) is 0 Å². The van der Waals surface area contributed by atoms with E-state index in [4.69, 9.17) is 5.11 Å². The molecule has 0 amide bonds. The van der Waals surface area contributed by atoms with Crippen LogP contribution in [0.15, 0.2) is 18.2 Å². The lowest BCUT2D eigenvalue weighted by Crippen LogP contribution is -2.15. The van der Waals surface area contributed by atoms with Crippen molar-refractivity contribution in [3.63, 3.8) is 0 Å². The molecule has 0 atom stereocenters. The molecule has 0 unspecified atom stereocenters. The van der Waals surface area contributed by atoms with E-state index in [-0.39, 0.29) is 11.3 Å². The average molecular weight is 207 g/mol. The SMILES string of the molecule is O=C(O)c1ccc(CNC2CC2)c(O)c1. The number of carboxylic acid groups (broad SMARTS) is 1. The highest BCUT2D eigenvalue weighted by Crippen LogP contribution is 2.22. The maximum atomic E-state index is 10.6. The first-order valence-electron chi connectivity index (χ1n) is 4.95. The van der Waals surface area contributed by atoms with E-state index in [1.54, 1.807) is 6.07 Å². The van der Waals surface area contributed by atoms with Crippen molar-refractivity contribution < 1.29 is 15.0 Å². The molecule has 4 nitrogen and oxygen atoms in total. The number of aromatic hydroxyl groups is 1. The predicted molar refractivity (Wildman–Crippen MR) is 54.9 cm³/mol. The number of carboxylic acids is 1. The number of hydrogen-bond acceptors (Lipinski definition) is 3. The zero-order valence-electron chi connectivity index (χ0n) is 8.23. The van der Waals surface area contributed by atoms with E-state index in [1.165, 1.54) is 25.0 Å². The van der Waals surface area contributed by atoms with Crippen molar-refractivity contribution in [3.05, 3.63) is 29.3 Å². The van der Waals surface area contributed by atoms with Crippen molar-refractivity contribution >= 4 is 5.97 Å². The van der Waals surface area contributed by atoms with Crippen LogP contribution in [0.25, 0.3) is 0 Å². The second kappa shape index (κ2) is 3.90. The van der Waals surface area contributed by atoms with Crippen LogP contribution in [0.3, 0.4) is 0 Å². The Kier molecular flexibility index (Phi) is 2.60. The molecule has 0 bridgehead atoms. The molecule has 1 aliphatic rings. The largest absolute Gasteiger partial charge is 0.508 e. The van der Waals surface area contributed by atoms with E-state index in [0.717, 1.165) is 5.56 Å². The summed E-state index contributed by atoms with van der Waals surface area (Å²) >= 11 is 0. The fraction of sp³-hybridized carbons (Fsp3) is 0.364. The number of aromatic carboxylic acids is 1. The molecule has 2 rings (SSSR count). The third-order valence-corrected chi connectivity index (χ3v) is 2.49. The summed E-state index contributed by atoms with van der Waals surface area (Å²) < 4.78 is 0. The van der Waals surface area contributed by atoms with Gasteiger partial charge in [0.25, 0.3) is 0 Å². The summed E-state index contributed by atoms with van der Waals surface area (Å²) in [4.78, 5) is 10.6. The van der Waals surface area contributed by atoms with E-state index in [2.05, 4.69) is 5.32 Å². The van der Waals surface area contributed by atoms with Gasteiger partial charge >= 0.3 is 5.97 Å². The quantitative estimate of drug-likeness (QED) is 0.697. The van der Waals surface area contributed by atoms with Gasteiger partial charge in [0.2, 0.25) is 0 Å². The van der Waals surface area contributed by atoms with Crippen LogP contribution in [-0.2, 0) is 6.54 Å².